The quantitative estimate of drug-likeness (QED) is 0.706. The van der Waals surface area contributed by atoms with Crippen LogP contribution >= 0.6 is 0 Å². The Morgan fingerprint density at radius 1 is 1.15 bits per heavy atom. The van der Waals surface area contributed by atoms with Crippen molar-refractivity contribution in [3.05, 3.63) is 0 Å². The third-order valence-electron chi connectivity index (χ3n) is 3.51. The summed E-state index contributed by atoms with van der Waals surface area (Å²) in [4.78, 5) is 0. The molecule has 0 amide bonds. The van der Waals surface area contributed by atoms with Crippen molar-refractivity contribution < 1.29 is 9.47 Å². The van der Waals surface area contributed by atoms with Gasteiger partial charge in [-0.2, -0.15) is 0 Å². The number of rotatable bonds is 3. The second-order valence-corrected chi connectivity index (χ2v) is 4.28. The van der Waals surface area contributed by atoms with Crippen LogP contribution in [0.15, 0.2) is 0 Å². The van der Waals surface area contributed by atoms with Gasteiger partial charge in [0.1, 0.15) is 0 Å². The largest absolute Gasteiger partial charge is 0.381 e. The Bertz CT molecular complexity index is 162. The van der Waals surface area contributed by atoms with Crippen molar-refractivity contribution >= 4 is 0 Å². The van der Waals surface area contributed by atoms with Crippen molar-refractivity contribution in [3.8, 4) is 0 Å². The molecule has 0 radical (unpaired) electrons. The predicted molar refractivity (Wildman–Crippen MR) is 50.5 cm³/mol. The zero-order valence-corrected chi connectivity index (χ0v) is 8.13. The van der Waals surface area contributed by atoms with Crippen molar-refractivity contribution in [2.45, 2.75) is 19.3 Å². The van der Waals surface area contributed by atoms with Crippen LogP contribution in [0.2, 0.25) is 0 Å². The van der Waals surface area contributed by atoms with Gasteiger partial charge < -0.3 is 15.2 Å². The average Bonchev–Trinajstić information content (AvgIpc) is 2.13. The topological polar surface area (TPSA) is 44.5 Å². The highest BCUT2D eigenvalue weighted by Crippen LogP contribution is 2.43. The molecule has 0 unspecified atom stereocenters. The van der Waals surface area contributed by atoms with Crippen LogP contribution in [0.3, 0.4) is 0 Å². The molecule has 76 valence electrons. The van der Waals surface area contributed by atoms with Crippen molar-refractivity contribution in [1.82, 2.24) is 0 Å². The molecule has 2 fully saturated rings. The lowest BCUT2D eigenvalue weighted by molar-refractivity contribution is -0.165. The standard InChI is InChI=1S/C10H19NO2/c11-4-3-10(7-13-8-10)9-1-5-12-6-2-9/h9H,1-8,11H2. The Kier molecular flexibility index (Phi) is 2.86. The highest BCUT2D eigenvalue weighted by Gasteiger charge is 2.44. The van der Waals surface area contributed by atoms with Gasteiger partial charge in [0.15, 0.2) is 0 Å². The zero-order valence-electron chi connectivity index (χ0n) is 8.13. The molecule has 0 saturated carbocycles. The first-order valence-corrected chi connectivity index (χ1v) is 5.23. The van der Waals surface area contributed by atoms with Crippen molar-refractivity contribution in [3.63, 3.8) is 0 Å². The van der Waals surface area contributed by atoms with Crippen LogP contribution < -0.4 is 5.73 Å². The highest BCUT2D eigenvalue weighted by molar-refractivity contribution is 4.92. The zero-order chi connectivity index (χ0) is 9.15. The SMILES string of the molecule is NCCC1(C2CCOCC2)COC1. The minimum Gasteiger partial charge on any atom is -0.381 e. The molecule has 2 heterocycles. The first kappa shape index (κ1) is 9.44. The molecule has 2 aliphatic heterocycles. The van der Waals surface area contributed by atoms with E-state index in [-0.39, 0.29) is 0 Å². The van der Waals surface area contributed by atoms with Gasteiger partial charge in [-0.05, 0) is 31.7 Å². The Morgan fingerprint density at radius 3 is 2.31 bits per heavy atom. The third kappa shape index (κ3) is 1.73. The molecular weight excluding hydrogens is 166 g/mol. The molecule has 2 rings (SSSR count). The lowest BCUT2D eigenvalue weighted by Crippen LogP contribution is -2.51. The summed E-state index contributed by atoms with van der Waals surface area (Å²) in [5.74, 6) is 0.790. The van der Waals surface area contributed by atoms with Crippen LogP contribution in [0.25, 0.3) is 0 Å². The maximum atomic E-state index is 5.64. The smallest absolute Gasteiger partial charge is 0.0547 e. The van der Waals surface area contributed by atoms with Gasteiger partial charge in [0.25, 0.3) is 0 Å². The molecule has 0 aromatic carbocycles. The summed E-state index contributed by atoms with van der Waals surface area (Å²) in [6, 6.07) is 0. The maximum absolute atomic E-state index is 5.64. The summed E-state index contributed by atoms with van der Waals surface area (Å²) in [6.45, 7) is 4.50. The van der Waals surface area contributed by atoms with Crippen LogP contribution in [0.4, 0.5) is 0 Å². The lowest BCUT2D eigenvalue weighted by Gasteiger charge is -2.48. The lowest BCUT2D eigenvalue weighted by atomic mass is 9.68. The Balaban J connectivity index is 1.93. The van der Waals surface area contributed by atoms with Crippen LogP contribution in [0.1, 0.15) is 19.3 Å². The summed E-state index contributed by atoms with van der Waals surface area (Å²) < 4.78 is 10.7. The molecule has 0 atom stereocenters. The molecule has 0 aromatic heterocycles. The molecule has 0 aromatic rings. The van der Waals surface area contributed by atoms with E-state index in [1.54, 1.807) is 0 Å². The fourth-order valence-electron chi connectivity index (χ4n) is 2.55. The van der Waals surface area contributed by atoms with Crippen molar-refractivity contribution in [1.29, 1.82) is 0 Å². The van der Waals surface area contributed by atoms with E-state index in [4.69, 9.17) is 15.2 Å². The van der Waals surface area contributed by atoms with Gasteiger partial charge in [-0.3, -0.25) is 0 Å². The monoisotopic (exact) mass is 185 g/mol. The molecule has 0 aliphatic carbocycles. The van der Waals surface area contributed by atoms with Crippen LogP contribution in [0.5, 0.6) is 0 Å². The first-order chi connectivity index (χ1) is 6.37. The molecule has 13 heavy (non-hydrogen) atoms. The fraction of sp³-hybridized carbons (Fsp3) is 1.00. The minimum absolute atomic E-state index is 0.415. The van der Waals surface area contributed by atoms with E-state index < -0.39 is 0 Å². The van der Waals surface area contributed by atoms with Crippen LogP contribution in [-0.4, -0.2) is 33.0 Å². The summed E-state index contributed by atoms with van der Waals surface area (Å²) in [5, 5.41) is 0. The Morgan fingerprint density at radius 2 is 1.85 bits per heavy atom. The van der Waals surface area contributed by atoms with Gasteiger partial charge in [0.05, 0.1) is 13.2 Å². The number of hydrogen-bond donors (Lipinski definition) is 1. The first-order valence-electron chi connectivity index (χ1n) is 5.23. The van der Waals surface area contributed by atoms with Gasteiger partial charge in [0, 0.05) is 18.6 Å². The average molecular weight is 185 g/mol. The molecule has 0 bridgehead atoms. The summed E-state index contributed by atoms with van der Waals surface area (Å²) >= 11 is 0. The summed E-state index contributed by atoms with van der Waals surface area (Å²) in [6.07, 6.45) is 3.52. The third-order valence-corrected chi connectivity index (χ3v) is 3.51. The van der Waals surface area contributed by atoms with Crippen molar-refractivity contribution in [2.75, 3.05) is 33.0 Å². The number of hydrogen-bond acceptors (Lipinski definition) is 3. The van der Waals surface area contributed by atoms with E-state index in [1.807, 2.05) is 0 Å². The van der Waals surface area contributed by atoms with Gasteiger partial charge in [-0.15, -0.1) is 0 Å². The van der Waals surface area contributed by atoms with E-state index in [0.29, 0.717) is 5.41 Å². The second kappa shape index (κ2) is 3.95. The summed E-state index contributed by atoms with van der Waals surface area (Å²) in [7, 11) is 0. The van der Waals surface area contributed by atoms with Crippen LogP contribution in [0, 0.1) is 11.3 Å². The molecule has 3 nitrogen and oxygen atoms in total. The highest BCUT2D eigenvalue weighted by atomic mass is 16.5. The second-order valence-electron chi connectivity index (χ2n) is 4.28. The van der Waals surface area contributed by atoms with E-state index in [1.165, 1.54) is 12.8 Å². The Labute approximate surface area is 79.6 Å². The number of nitrogens with two attached hydrogens (primary N) is 1. The molecule has 2 N–H and O–H groups in total. The molecule has 0 spiro atoms. The van der Waals surface area contributed by atoms with Gasteiger partial charge in [-0.25, -0.2) is 0 Å². The van der Waals surface area contributed by atoms with Crippen molar-refractivity contribution in [2.24, 2.45) is 17.1 Å². The van der Waals surface area contributed by atoms with E-state index in [9.17, 15) is 0 Å². The number of ether oxygens (including phenoxy) is 2. The van der Waals surface area contributed by atoms with Gasteiger partial charge in [0.2, 0.25) is 0 Å². The molecule has 3 heteroatoms. The minimum atomic E-state index is 0.415. The molecule has 2 saturated heterocycles. The van der Waals surface area contributed by atoms with Gasteiger partial charge >= 0.3 is 0 Å². The van der Waals surface area contributed by atoms with E-state index in [2.05, 4.69) is 0 Å². The molecular formula is C10H19NO2. The maximum Gasteiger partial charge on any atom is 0.0547 e. The summed E-state index contributed by atoms with van der Waals surface area (Å²) in [5.41, 5.74) is 6.06. The fourth-order valence-corrected chi connectivity index (χ4v) is 2.55. The van der Waals surface area contributed by atoms with Crippen LogP contribution in [-0.2, 0) is 9.47 Å². The van der Waals surface area contributed by atoms with Gasteiger partial charge in [-0.1, -0.05) is 0 Å². The molecule has 2 aliphatic rings. The van der Waals surface area contributed by atoms with E-state index in [0.717, 1.165) is 45.3 Å². The normalized spacial score (nSPS) is 28.4. The predicted octanol–water partition coefficient (Wildman–Crippen LogP) is 0.778. The Hall–Kier alpha value is -0.120. The van der Waals surface area contributed by atoms with E-state index >= 15 is 0 Å².